The number of pyridine rings is 1. The molecule has 4 amide bonds. The minimum Gasteiger partial charge on any atom is -0.453 e. The van der Waals surface area contributed by atoms with Gasteiger partial charge in [0.1, 0.15) is 29.5 Å². The molecule has 2 fully saturated rings. The summed E-state index contributed by atoms with van der Waals surface area (Å²) in [5.41, 5.74) is -4.75. The Morgan fingerprint density at radius 1 is 0.823 bits per heavy atom. The number of alkyl carbamates (subject to hydrolysis) is 2. The molecule has 1 aromatic heterocycles. The van der Waals surface area contributed by atoms with Gasteiger partial charge >= 0.3 is 31.1 Å². The van der Waals surface area contributed by atoms with E-state index in [2.05, 4.69) is 48.3 Å². The number of anilines is 1. The number of halogens is 10. The van der Waals surface area contributed by atoms with Crippen molar-refractivity contribution in [2.45, 2.75) is 116 Å². The summed E-state index contributed by atoms with van der Waals surface area (Å²) in [6.45, 7) is 1.61. The zero-order valence-electron chi connectivity index (χ0n) is 44.0. The zero-order chi connectivity index (χ0) is 58.8. The molecule has 79 heavy (non-hydrogen) atoms. The summed E-state index contributed by atoms with van der Waals surface area (Å²) in [6, 6.07) is 5.01. The molecular formula is C52H62F10N10O7. The Labute approximate surface area is 449 Å². The summed E-state index contributed by atoms with van der Waals surface area (Å²) in [7, 11) is 1.59. The first kappa shape index (κ1) is 62.7. The van der Waals surface area contributed by atoms with Crippen LogP contribution in [0.2, 0.25) is 0 Å². The first-order valence-corrected chi connectivity index (χ1v) is 24.6. The molecule has 432 valence electrons. The molecule has 6 atom stereocenters. The van der Waals surface area contributed by atoms with E-state index in [0.29, 0.717) is 80.5 Å². The van der Waals surface area contributed by atoms with Gasteiger partial charge < -0.3 is 46.2 Å². The Morgan fingerprint density at radius 3 is 1.81 bits per heavy atom. The number of methoxy groups -OCH3 is 2. The number of carbonyl (C=O) groups excluding carboxylic acids is 4. The molecule has 2 saturated heterocycles. The van der Waals surface area contributed by atoms with Crippen molar-refractivity contribution < 1.29 is 77.7 Å². The van der Waals surface area contributed by atoms with Crippen LogP contribution >= 0.6 is 0 Å². The standard InChI is InChI=1S/C52H62F10N10O7/c1-8-72-34-16-17-35(72)26-70(25-34)41-18-15-31(23-64-41)14-11-29-9-12-30(13-10-29)19-39(66-44(74)42(67-47(76)78-6)49(2,3)51(57,58)59)40(73)28-71(69-45(75)43(68-48(77)79-7)50(4,5)52(60,61)62)27-36-37(53)20-32(21-38(36)54)33(22-63)24-65-46(55)56/h9-10,12-13,15,18,20-24,34-35,39-40,42-43,46,63,65,73H,8,16-17,19,25-28H2,1-7H3,(H,66,74)(H,67,76)(H,68,77)(H,69,75)/b33-24+,63-22?/t34?,35?,39-,40-,42+,43+/m0/s1. The third-order valence-corrected chi connectivity index (χ3v) is 14.0. The van der Waals surface area contributed by atoms with E-state index in [4.69, 9.17) is 5.41 Å². The van der Waals surface area contributed by atoms with Gasteiger partial charge in [0.2, 0.25) is 5.91 Å². The highest BCUT2D eigenvalue weighted by Crippen LogP contribution is 2.42. The van der Waals surface area contributed by atoms with Crippen LogP contribution in [0, 0.1) is 39.7 Å². The number of aromatic nitrogens is 1. The highest BCUT2D eigenvalue weighted by Gasteiger charge is 2.57. The number of hydrogen-bond donors (Lipinski definition) is 7. The number of likely N-dealkylation sites (N-methyl/N-ethyl adjacent to an activating group) is 1. The smallest absolute Gasteiger partial charge is 0.407 e. The first-order chi connectivity index (χ1) is 36.9. The lowest BCUT2D eigenvalue weighted by Crippen LogP contribution is -2.63. The van der Waals surface area contributed by atoms with Crippen LogP contribution in [0.4, 0.5) is 59.3 Å². The molecule has 17 nitrogen and oxygen atoms in total. The van der Waals surface area contributed by atoms with Gasteiger partial charge in [0, 0.05) is 79.1 Å². The highest BCUT2D eigenvalue weighted by atomic mass is 19.4. The maximum Gasteiger partial charge on any atom is 0.407 e. The van der Waals surface area contributed by atoms with Gasteiger partial charge in [-0.3, -0.25) is 19.9 Å². The first-order valence-electron chi connectivity index (χ1n) is 24.6. The molecule has 5 rings (SSSR count). The molecule has 7 N–H and O–H groups in total. The molecule has 2 unspecified atom stereocenters. The van der Waals surface area contributed by atoms with Crippen LogP contribution in [0.15, 0.2) is 60.9 Å². The molecule has 2 aliphatic heterocycles. The summed E-state index contributed by atoms with van der Waals surface area (Å²) < 4.78 is 154. The van der Waals surface area contributed by atoms with Crippen LogP contribution in [0.5, 0.6) is 0 Å². The number of fused-ring (bicyclic) bond motifs is 2. The second-order valence-corrected chi connectivity index (χ2v) is 19.9. The predicted octanol–water partition coefficient (Wildman–Crippen LogP) is 6.78. The maximum atomic E-state index is 16.0. The highest BCUT2D eigenvalue weighted by molar-refractivity contribution is 6.08. The van der Waals surface area contributed by atoms with Gasteiger partial charge in [-0.2, -0.15) is 35.1 Å². The molecule has 0 radical (unpaired) electrons. The van der Waals surface area contributed by atoms with Gasteiger partial charge in [-0.25, -0.2) is 28.4 Å². The topological polar surface area (TPSA) is 214 Å². The SMILES string of the molecule is CCN1C2CCC1CN(c1ccc(C#Cc3ccc(C[C@H](NC(=O)[C@@H](NC(=O)OC)C(C)(C)C(F)(F)F)[C@@H](O)CN(Cc4c(F)cc(/C(C=N)=C/NC(F)F)cc4F)NC(=O)[C@@H](NC(=O)OC)C(C)(C)C(F)(F)F)cc3)cn1)C2. The van der Waals surface area contributed by atoms with E-state index in [-0.39, 0.29) is 5.56 Å². The molecule has 0 spiro atoms. The normalized spacial score (nSPS) is 17.7. The van der Waals surface area contributed by atoms with E-state index in [0.717, 1.165) is 52.5 Å². The number of ether oxygens (including phenoxy) is 2. The van der Waals surface area contributed by atoms with Crippen molar-refractivity contribution in [3.63, 3.8) is 0 Å². The minimum absolute atomic E-state index is 0.263. The van der Waals surface area contributed by atoms with Crippen molar-refractivity contribution in [3.05, 3.63) is 100 Å². The fraction of sp³-hybridized carbons (Fsp3) is 0.500. The fourth-order valence-corrected chi connectivity index (χ4v) is 9.04. The lowest BCUT2D eigenvalue weighted by molar-refractivity contribution is -0.221. The molecule has 0 saturated carbocycles. The van der Waals surface area contributed by atoms with E-state index in [1.165, 1.54) is 24.3 Å². The van der Waals surface area contributed by atoms with Crippen LogP contribution in [-0.4, -0.2) is 146 Å². The Kier molecular flexibility index (Phi) is 20.8. The van der Waals surface area contributed by atoms with Crippen molar-refractivity contribution in [2.24, 2.45) is 10.8 Å². The van der Waals surface area contributed by atoms with E-state index < -0.39 is 126 Å². The molecule has 3 aromatic rings. The number of hydrazine groups is 1. The molecular weight excluding hydrogens is 1070 g/mol. The lowest BCUT2D eigenvalue weighted by Gasteiger charge is -2.41. The van der Waals surface area contributed by atoms with Gasteiger partial charge in [0.25, 0.3) is 5.91 Å². The van der Waals surface area contributed by atoms with Crippen molar-refractivity contribution >= 4 is 41.6 Å². The number of nitrogens with zero attached hydrogens (tertiary/aromatic N) is 4. The third-order valence-electron chi connectivity index (χ3n) is 14.0. The number of nitrogens with one attached hydrogen (secondary N) is 6. The van der Waals surface area contributed by atoms with E-state index in [1.54, 1.807) is 16.8 Å². The summed E-state index contributed by atoms with van der Waals surface area (Å²) in [4.78, 5) is 62.2. The van der Waals surface area contributed by atoms with Crippen molar-refractivity contribution in [3.8, 4) is 11.8 Å². The summed E-state index contributed by atoms with van der Waals surface area (Å²) in [5.74, 6) is 0.625. The Morgan fingerprint density at radius 2 is 1.34 bits per heavy atom. The number of allylic oxidation sites excluding steroid dienone is 1. The number of aliphatic hydroxyl groups excluding tert-OH is 1. The van der Waals surface area contributed by atoms with E-state index >= 15 is 8.78 Å². The number of hydrogen-bond acceptors (Lipinski definition) is 13. The van der Waals surface area contributed by atoms with Crippen LogP contribution < -0.4 is 31.6 Å². The average Bonchev–Trinajstić information content (AvgIpc) is 3.65. The van der Waals surface area contributed by atoms with Crippen molar-refractivity contribution in [2.75, 3.05) is 45.3 Å². The van der Waals surface area contributed by atoms with Crippen LogP contribution in [-0.2, 0) is 32.0 Å². The molecule has 2 aromatic carbocycles. The molecule has 2 bridgehead atoms. The zero-order valence-corrected chi connectivity index (χ0v) is 44.0. The Bertz CT molecular complexity index is 2700. The van der Waals surface area contributed by atoms with E-state index in [1.807, 2.05) is 22.9 Å². The number of rotatable bonds is 21. The lowest BCUT2D eigenvalue weighted by atomic mass is 9.82. The number of aliphatic hydroxyl groups is 1. The van der Waals surface area contributed by atoms with E-state index in [9.17, 15) is 59.4 Å². The average molecular weight is 1130 g/mol. The predicted molar refractivity (Wildman–Crippen MR) is 269 cm³/mol. The Hall–Kier alpha value is -7.18. The number of benzene rings is 2. The minimum atomic E-state index is -5.24. The molecule has 27 heteroatoms. The summed E-state index contributed by atoms with van der Waals surface area (Å²) >= 11 is 0. The fourth-order valence-electron chi connectivity index (χ4n) is 9.04. The van der Waals surface area contributed by atoms with Gasteiger partial charge in [0.15, 0.2) is 0 Å². The van der Waals surface area contributed by atoms with Gasteiger partial charge in [0.05, 0.1) is 37.2 Å². The number of piperazine rings is 1. The van der Waals surface area contributed by atoms with Gasteiger partial charge in [-0.05, 0) is 101 Å². The van der Waals surface area contributed by atoms with Gasteiger partial charge in [-0.1, -0.05) is 30.9 Å². The second-order valence-electron chi connectivity index (χ2n) is 19.9. The monoisotopic (exact) mass is 1130 g/mol. The third kappa shape index (κ3) is 15.8. The van der Waals surface area contributed by atoms with Crippen molar-refractivity contribution in [1.29, 1.82) is 5.41 Å². The summed E-state index contributed by atoms with van der Waals surface area (Å²) in [6.07, 6.45) is -11.1. The number of alkyl halides is 8. The maximum absolute atomic E-state index is 16.0. The van der Waals surface area contributed by atoms with Crippen molar-refractivity contribution in [1.82, 2.24) is 41.6 Å². The van der Waals surface area contributed by atoms with Gasteiger partial charge in [-0.15, -0.1) is 0 Å². The quantitative estimate of drug-likeness (QED) is 0.0193. The largest absolute Gasteiger partial charge is 0.453 e. The number of carbonyl (C=O) groups is 4. The molecule has 3 heterocycles. The Balaban J connectivity index is 1.52. The van der Waals surface area contributed by atoms with Crippen LogP contribution in [0.25, 0.3) is 5.57 Å². The molecule has 0 aliphatic carbocycles. The second kappa shape index (κ2) is 26.2. The molecule has 2 aliphatic rings. The van der Waals surface area contributed by atoms with Crippen LogP contribution in [0.1, 0.15) is 75.3 Å². The van der Waals surface area contributed by atoms with Crippen LogP contribution in [0.3, 0.4) is 0 Å². The summed E-state index contributed by atoms with van der Waals surface area (Å²) in [5, 5.41) is 27.5. The number of amides is 4.